The number of halogens is 2. The van der Waals surface area contributed by atoms with Gasteiger partial charge in [0.1, 0.15) is 0 Å². The number of carbonyl (C=O) groups is 1. The van der Waals surface area contributed by atoms with Crippen molar-refractivity contribution in [3.63, 3.8) is 0 Å². The summed E-state index contributed by atoms with van der Waals surface area (Å²) in [5, 5.41) is 6.30. The van der Waals surface area contributed by atoms with Crippen LogP contribution in [0, 0.1) is 0 Å². The molecule has 0 aromatic heterocycles. The van der Waals surface area contributed by atoms with Crippen molar-refractivity contribution in [3.05, 3.63) is 52.0 Å². The summed E-state index contributed by atoms with van der Waals surface area (Å²) in [5.41, 5.74) is 1.06. The van der Waals surface area contributed by atoms with Crippen LogP contribution in [0.2, 0.25) is 10.0 Å². The summed E-state index contributed by atoms with van der Waals surface area (Å²) >= 11 is 12.1. The van der Waals surface area contributed by atoms with E-state index in [1.54, 1.807) is 32.4 Å². The highest BCUT2D eigenvalue weighted by atomic mass is 35.5. The molecule has 0 fully saturated rings. The van der Waals surface area contributed by atoms with E-state index in [1.165, 1.54) is 0 Å². The number of anilines is 1. The second-order valence-electron chi connectivity index (χ2n) is 6.36. The SMILES string of the molecule is COc1ccc(C(C)(C)CNC(=O)Nc2c(Cl)cccc2Cl)cc1OC. The lowest BCUT2D eigenvalue weighted by atomic mass is 9.84. The van der Waals surface area contributed by atoms with Gasteiger partial charge in [-0.15, -0.1) is 0 Å². The minimum absolute atomic E-state index is 0.332. The van der Waals surface area contributed by atoms with Crippen molar-refractivity contribution in [2.45, 2.75) is 19.3 Å². The average molecular weight is 397 g/mol. The molecule has 0 saturated carbocycles. The van der Waals surface area contributed by atoms with Crippen LogP contribution in [0.15, 0.2) is 36.4 Å². The van der Waals surface area contributed by atoms with E-state index in [2.05, 4.69) is 10.6 Å². The molecule has 0 aliphatic heterocycles. The Morgan fingerprint density at radius 3 is 2.23 bits per heavy atom. The predicted molar refractivity (Wildman–Crippen MR) is 106 cm³/mol. The van der Waals surface area contributed by atoms with Gasteiger partial charge in [-0.3, -0.25) is 0 Å². The Balaban J connectivity index is 2.06. The van der Waals surface area contributed by atoms with E-state index in [0.717, 1.165) is 5.56 Å². The Kier molecular flexibility index (Phi) is 6.62. The van der Waals surface area contributed by atoms with E-state index in [9.17, 15) is 4.79 Å². The summed E-state index contributed by atoms with van der Waals surface area (Å²) in [6.45, 7) is 4.45. The van der Waals surface area contributed by atoms with Gasteiger partial charge in [0.25, 0.3) is 0 Å². The van der Waals surface area contributed by atoms with E-state index >= 15 is 0 Å². The Labute approximate surface area is 163 Å². The molecule has 0 radical (unpaired) electrons. The van der Waals surface area contributed by atoms with Crippen LogP contribution in [0.3, 0.4) is 0 Å². The van der Waals surface area contributed by atoms with Gasteiger partial charge in [-0.25, -0.2) is 4.79 Å². The number of benzene rings is 2. The molecule has 26 heavy (non-hydrogen) atoms. The number of methoxy groups -OCH3 is 2. The molecule has 0 aliphatic rings. The smallest absolute Gasteiger partial charge is 0.319 e. The third kappa shape index (κ3) is 4.74. The minimum Gasteiger partial charge on any atom is -0.493 e. The molecular weight excluding hydrogens is 375 g/mol. The predicted octanol–water partition coefficient (Wildman–Crippen LogP) is 5.11. The molecule has 0 unspecified atom stereocenters. The highest BCUT2D eigenvalue weighted by molar-refractivity contribution is 6.39. The number of urea groups is 1. The second-order valence-corrected chi connectivity index (χ2v) is 7.17. The van der Waals surface area contributed by atoms with Gasteiger partial charge in [0.05, 0.1) is 30.0 Å². The first kappa shape index (κ1) is 20.2. The Hall–Kier alpha value is -2.11. The Bertz CT molecular complexity index is 774. The molecule has 140 valence electrons. The van der Waals surface area contributed by atoms with Crippen molar-refractivity contribution in [3.8, 4) is 11.5 Å². The maximum atomic E-state index is 12.2. The summed E-state index contributed by atoms with van der Waals surface area (Å²) < 4.78 is 10.6. The monoisotopic (exact) mass is 396 g/mol. The third-order valence-corrected chi connectivity index (χ3v) is 4.69. The van der Waals surface area contributed by atoms with Crippen LogP contribution in [-0.4, -0.2) is 26.8 Å². The van der Waals surface area contributed by atoms with E-state index < -0.39 is 0 Å². The van der Waals surface area contributed by atoms with Crippen molar-refractivity contribution >= 4 is 34.9 Å². The van der Waals surface area contributed by atoms with Gasteiger partial charge in [-0.2, -0.15) is 0 Å². The maximum Gasteiger partial charge on any atom is 0.319 e. The van der Waals surface area contributed by atoms with Crippen molar-refractivity contribution in [1.82, 2.24) is 5.32 Å². The van der Waals surface area contributed by atoms with Crippen LogP contribution in [0.5, 0.6) is 11.5 Å². The topological polar surface area (TPSA) is 59.6 Å². The largest absolute Gasteiger partial charge is 0.493 e. The van der Waals surface area contributed by atoms with E-state index in [1.807, 2.05) is 32.0 Å². The van der Waals surface area contributed by atoms with Crippen molar-refractivity contribution in [1.29, 1.82) is 0 Å². The molecule has 0 spiro atoms. The number of ether oxygens (including phenoxy) is 2. The molecule has 0 saturated heterocycles. The fourth-order valence-corrected chi connectivity index (χ4v) is 2.93. The Morgan fingerprint density at radius 1 is 1.04 bits per heavy atom. The molecule has 2 rings (SSSR count). The first-order valence-electron chi connectivity index (χ1n) is 8.00. The summed E-state index contributed by atoms with van der Waals surface area (Å²) in [6.07, 6.45) is 0. The summed E-state index contributed by atoms with van der Waals surface area (Å²) in [6, 6.07) is 10.4. The van der Waals surface area contributed by atoms with Crippen molar-refractivity contribution in [2.75, 3.05) is 26.1 Å². The number of para-hydroxylation sites is 1. The fraction of sp³-hybridized carbons (Fsp3) is 0.316. The number of rotatable bonds is 6. The summed E-state index contributed by atoms with van der Waals surface area (Å²) in [5.74, 6) is 1.30. The molecular formula is C19H22Cl2N2O3. The fourth-order valence-electron chi connectivity index (χ4n) is 2.44. The van der Waals surface area contributed by atoms with Crippen LogP contribution in [-0.2, 0) is 5.41 Å². The zero-order chi connectivity index (χ0) is 19.3. The van der Waals surface area contributed by atoms with Crippen LogP contribution >= 0.6 is 23.2 Å². The highest BCUT2D eigenvalue weighted by Gasteiger charge is 2.23. The van der Waals surface area contributed by atoms with E-state index in [0.29, 0.717) is 33.8 Å². The molecule has 2 amide bonds. The number of hydrogen-bond acceptors (Lipinski definition) is 3. The molecule has 0 aliphatic carbocycles. The third-order valence-electron chi connectivity index (χ3n) is 4.06. The number of amides is 2. The molecule has 5 nitrogen and oxygen atoms in total. The highest BCUT2D eigenvalue weighted by Crippen LogP contribution is 2.33. The molecule has 0 atom stereocenters. The van der Waals surface area contributed by atoms with Crippen LogP contribution in [0.4, 0.5) is 10.5 Å². The second kappa shape index (κ2) is 8.52. The van der Waals surface area contributed by atoms with Gasteiger partial charge < -0.3 is 20.1 Å². The first-order valence-corrected chi connectivity index (χ1v) is 8.75. The van der Waals surface area contributed by atoms with Crippen LogP contribution < -0.4 is 20.1 Å². The van der Waals surface area contributed by atoms with Crippen molar-refractivity contribution < 1.29 is 14.3 Å². The lowest BCUT2D eigenvalue weighted by Gasteiger charge is -2.26. The van der Waals surface area contributed by atoms with Gasteiger partial charge in [0.2, 0.25) is 0 Å². The number of carbonyl (C=O) groups excluding carboxylic acids is 1. The molecule has 7 heteroatoms. The lowest BCUT2D eigenvalue weighted by Crippen LogP contribution is -2.39. The molecule has 0 bridgehead atoms. The zero-order valence-electron chi connectivity index (χ0n) is 15.2. The van der Waals surface area contributed by atoms with Crippen LogP contribution in [0.1, 0.15) is 19.4 Å². The Morgan fingerprint density at radius 2 is 1.65 bits per heavy atom. The molecule has 2 N–H and O–H groups in total. The van der Waals surface area contributed by atoms with Gasteiger partial charge in [-0.05, 0) is 29.8 Å². The van der Waals surface area contributed by atoms with Crippen LogP contribution in [0.25, 0.3) is 0 Å². The van der Waals surface area contributed by atoms with Gasteiger partial charge in [-0.1, -0.05) is 49.2 Å². The summed E-state index contributed by atoms with van der Waals surface area (Å²) in [7, 11) is 3.18. The molecule has 2 aromatic rings. The quantitative estimate of drug-likeness (QED) is 0.712. The van der Waals surface area contributed by atoms with Crippen molar-refractivity contribution in [2.24, 2.45) is 0 Å². The average Bonchev–Trinajstić information content (AvgIpc) is 2.62. The van der Waals surface area contributed by atoms with Gasteiger partial charge in [0.15, 0.2) is 11.5 Å². The summed E-state index contributed by atoms with van der Waals surface area (Å²) in [4.78, 5) is 12.2. The minimum atomic E-state index is -0.381. The lowest BCUT2D eigenvalue weighted by molar-refractivity contribution is 0.249. The standard InChI is InChI=1S/C19H22Cl2N2O3/c1-19(2,12-8-9-15(25-3)16(10-12)26-4)11-22-18(24)23-17-13(20)6-5-7-14(17)21/h5-10H,11H2,1-4H3,(H2,22,23,24). The van der Waals surface area contributed by atoms with E-state index in [-0.39, 0.29) is 11.4 Å². The normalized spacial score (nSPS) is 11.0. The maximum absolute atomic E-state index is 12.2. The van der Waals surface area contributed by atoms with E-state index in [4.69, 9.17) is 32.7 Å². The van der Waals surface area contributed by atoms with Gasteiger partial charge >= 0.3 is 6.03 Å². The number of hydrogen-bond donors (Lipinski definition) is 2. The zero-order valence-corrected chi connectivity index (χ0v) is 16.7. The first-order chi connectivity index (χ1) is 12.3. The number of nitrogens with one attached hydrogen (secondary N) is 2. The molecule has 2 aromatic carbocycles. The van der Waals surface area contributed by atoms with Gasteiger partial charge in [0, 0.05) is 12.0 Å². The molecule has 0 heterocycles.